The second-order valence-corrected chi connectivity index (χ2v) is 9.48. The number of carbonyl (C=O) groups is 2. The molecule has 7 nitrogen and oxygen atoms in total. The first-order valence-corrected chi connectivity index (χ1v) is 12.2. The highest BCUT2D eigenvalue weighted by Crippen LogP contribution is 2.25. The van der Waals surface area contributed by atoms with Gasteiger partial charge in [0.15, 0.2) is 5.65 Å². The highest BCUT2D eigenvalue weighted by Gasteiger charge is 2.12. The number of pyridine rings is 1. The minimum Gasteiger partial charge on any atom is -0.337 e. The number of fused-ring (bicyclic) bond motifs is 1. The van der Waals surface area contributed by atoms with Crippen molar-refractivity contribution in [3.05, 3.63) is 105 Å². The van der Waals surface area contributed by atoms with Gasteiger partial charge in [0.25, 0.3) is 11.8 Å². The van der Waals surface area contributed by atoms with Crippen molar-refractivity contribution in [2.24, 2.45) is 0 Å². The first-order chi connectivity index (χ1) is 17.8. The third-order valence-electron chi connectivity index (χ3n) is 5.63. The van der Waals surface area contributed by atoms with E-state index in [1.165, 1.54) is 12.3 Å². The highest BCUT2D eigenvalue weighted by molar-refractivity contribution is 6.42. The molecular formula is C27H18Cl3N5O2. The van der Waals surface area contributed by atoms with E-state index in [4.69, 9.17) is 34.8 Å². The lowest BCUT2D eigenvalue weighted by Crippen LogP contribution is -2.12. The number of nitrogens with one attached hydrogen (secondary N) is 3. The summed E-state index contributed by atoms with van der Waals surface area (Å²) in [7, 11) is 0. The molecule has 5 aromatic rings. The van der Waals surface area contributed by atoms with Crippen LogP contribution in [0.2, 0.25) is 15.1 Å². The SMILES string of the molecule is Cc1ccc(C(=O)Nc2ccc(-c3nc4ncc(NC(=O)c5ccc(Cl)c(Cl)c5)cc4[nH]3)cc2)cc1Cl. The third kappa shape index (κ3) is 5.44. The average Bonchev–Trinajstić information content (AvgIpc) is 3.31. The molecule has 3 aromatic carbocycles. The second kappa shape index (κ2) is 10.2. The van der Waals surface area contributed by atoms with E-state index in [2.05, 4.69) is 25.6 Å². The van der Waals surface area contributed by atoms with Gasteiger partial charge in [-0.05, 0) is 73.2 Å². The van der Waals surface area contributed by atoms with E-state index < -0.39 is 0 Å². The summed E-state index contributed by atoms with van der Waals surface area (Å²) >= 11 is 18.1. The molecule has 0 unspecified atom stereocenters. The zero-order valence-corrected chi connectivity index (χ0v) is 21.5. The van der Waals surface area contributed by atoms with Gasteiger partial charge in [0.05, 0.1) is 27.4 Å². The molecule has 0 aliphatic heterocycles. The van der Waals surface area contributed by atoms with Crippen LogP contribution in [0, 0.1) is 6.92 Å². The van der Waals surface area contributed by atoms with Gasteiger partial charge >= 0.3 is 0 Å². The molecule has 184 valence electrons. The van der Waals surface area contributed by atoms with Crippen molar-refractivity contribution in [1.82, 2.24) is 15.0 Å². The van der Waals surface area contributed by atoms with Crippen molar-refractivity contribution in [1.29, 1.82) is 0 Å². The summed E-state index contributed by atoms with van der Waals surface area (Å²) in [5, 5.41) is 6.86. The Morgan fingerprint density at radius 1 is 0.757 bits per heavy atom. The second-order valence-electron chi connectivity index (χ2n) is 8.26. The molecule has 0 aliphatic rings. The normalized spacial score (nSPS) is 10.9. The number of imidazole rings is 1. The van der Waals surface area contributed by atoms with Crippen molar-refractivity contribution < 1.29 is 9.59 Å². The molecule has 10 heteroatoms. The van der Waals surface area contributed by atoms with Gasteiger partial charge in [-0.1, -0.05) is 40.9 Å². The zero-order valence-electron chi connectivity index (χ0n) is 19.3. The fourth-order valence-corrected chi connectivity index (χ4v) is 4.07. The molecule has 3 N–H and O–H groups in total. The summed E-state index contributed by atoms with van der Waals surface area (Å²) in [6.07, 6.45) is 1.53. The number of aryl methyl sites for hydroxylation is 1. The van der Waals surface area contributed by atoms with Crippen LogP contribution in [0.1, 0.15) is 26.3 Å². The zero-order chi connectivity index (χ0) is 26.1. The minimum absolute atomic E-state index is 0.252. The standard InChI is InChI=1S/C27H18Cl3N5O2/c1-14-2-3-16(10-21(14)29)26(36)32-18-7-4-15(5-8-18)24-34-23-12-19(13-31-25(23)35-24)33-27(37)17-6-9-20(28)22(30)11-17/h2-13H,1H3,(H,32,36)(H,33,37)(H,31,34,35). The van der Waals surface area contributed by atoms with E-state index in [0.717, 1.165) is 11.1 Å². The number of rotatable bonds is 5. The van der Waals surface area contributed by atoms with Crippen molar-refractivity contribution in [2.75, 3.05) is 10.6 Å². The quantitative estimate of drug-likeness (QED) is 0.212. The van der Waals surface area contributed by atoms with Crippen LogP contribution in [-0.4, -0.2) is 26.8 Å². The molecule has 2 aromatic heterocycles. The topological polar surface area (TPSA) is 99.8 Å². The summed E-state index contributed by atoms with van der Waals surface area (Å²) in [6, 6.07) is 18.8. The molecule has 0 aliphatic carbocycles. The van der Waals surface area contributed by atoms with Crippen molar-refractivity contribution >= 4 is 69.2 Å². The van der Waals surface area contributed by atoms with E-state index in [-0.39, 0.29) is 11.8 Å². The molecule has 0 fully saturated rings. The fourth-order valence-electron chi connectivity index (χ4n) is 3.59. The number of halogens is 3. The third-order valence-corrected chi connectivity index (χ3v) is 6.77. The Bertz CT molecular complexity index is 1670. The van der Waals surface area contributed by atoms with Gasteiger partial charge in [0.1, 0.15) is 5.82 Å². The van der Waals surface area contributed by atoms with Crippen LogP contribution in [0.25, 0.3) is 22.6 Å². The number of H-pyrrole nitrogens is 1. The van der Waals surface area contributed by atoms with Crippen LogP contribution in [-0.2, 0) is 0 Å². The van der Waals surface area contributed by atoms with E-state index in [0.29, 0.717) is 54.6 Å². The maximum atomic E-state index is 12.6. The summed E-state index contributed by atoms with van der Waals surface area (Å²) in [5.74, 6) is 0.00156. The minimum atomic E-state index is -0.343. The Labute approximate surface area is 226 Å². The number of nitrogens with zero attached hydrogens (tertiary/aromatic N) is 2. The first kappa shape index (κ1) is 24.8. The molecule has 0 atom stereocenters. The van der Waals surface area contributed by atoms with Crippen molar-refractivity contribution in [3.63, 3.8) is 0 Å². The van der Waals surface area contributed by atoms with Gasteiger partial charge in [-0.3, -0.25) is 9.59 Å². The number of benzene rings is 3. The number of aromatic nitrogens is 3. The van der Waals surface area contributed by atoms with E-state index >= 15 is 0 Å². The van der Waals surface area contributed by atoms with Crippen LogP contribution >= 0.6 is 34.8 Å². The lowest BCUT2D eigenvalue weighted by Gasteiger charge is -2.07. The molecule has 5 rings (SSSR count). The van der Waals surface area contributed by atoms with E-state index in [1.54, 1.807) is 48.5 Å². The molecule has 0 spiro atoms. The van der Waals surface area contributed by atoms with Gasteiger partial charge < -0.3 is 15.6 Å². The smallest absolute Gasteiger partial charge is 0.255 e. The number of aromatic amines is 1. The van der Waals surface area contributed by atoms with Gasteiger partial charge in [0, 0.05) is 27.4 Å². The molecule has 0 bridgehead atoms. The summed E-state index contributed by atoms with van der Waals surface area (Å²) in [6.45, 7) is 1.88. The largest absolute Gasteiger partial charge is 0.337 e. The lowest BCUT2D eigenvalue weighted by molar-refractivity contribution is 0.101. The molecule has 0 radical (unpaired) electrons. The van der Waals surface area contributed by atoms with Crippen LogP contribution in [0.3, 0.4) is 0 Å². The van der Waals surface area contributed by atoms with Crippen LogP contribution in [0.15, 0.2) is 72.9 Å². The van der Waals surface area contributed by atoms with Crippen molar-refractivity contribution in [2.45, 2.75) is 6.92 Å². The summed E-state index contributed by atoms with van der Waals surface area (Å²) in [4.78, 5) is 37.2. The molecule has 0 saturated carbocycles. The molecule has 37 heavy (non-hydrogen) atoms. The van der Waals surface area contributed by atoms with E-state index in [1.807, 2.05) is 19.1 Å². The average molecular weight is 551 g/mol. The number of amides is 2. The number of hydrogen-bond acceptors (Lipinski definition) is 4. The van der Waals surface area contributed by atoms with Crippen LogP contribution in [0.4, 0.5) is 11.4 Å². The molecule has 2 amide bonds. The summed E-state index contributed by atoms with van der Waals surface area (Å²) < 4.78 is 0. The van der Waals surface area contributed by atoms with Crippen LogP contribution in [0.5, 0.6) is 0 Å². The maximum Gasteiger partial charge on any atom is 0.255 e. The number of hydrogen-bond donors (Lipinski definition) is 3. The predicted octanol–water partition coefficient (Wildman–Crippen LogP) is 7.40. The molecule has 2 heterocycles. The summed E-state index contributed by atoms with van der Waals surface area (Å²) in [5.41, 5.74) is 4.83. The Morgan fingerprint density at radius 3 is 2.08 bits per heavy atom. The molecular weight excluding hydrogens is 533 g/mol. The lowest BCUT2D eigenvalue weighted by atomic mass is 10.1. The Morgan fingerprint density at radius 2 is 1.41 bits per heavy atom. The Balaban J connectivity index is 1.30. The molecule has 0 saturated heterocycles. The predicted molar refractivity (Wildman–Crippen MR) is 148 cm³/mol. The Hall–Kier alpha value is -3.91. The number of carbonyl (C=O) groups excluding carboxylic acids is 2. The van der Waals surface area contributed by atoms with Gasteiger partial charge in [-0.25, -0.2) is 9.97 Å². The monoisotopic (exact) mass is 549 g/mol. The van der Waals surface area contributed by atoms with Crippen molar-refractivity contribution in [3.8, 4) is 11.4 Å². The fraction of sp³-hybridized carbons (Fsp3) is 0.0370. The number of anilines is 2. The Kier molecular flexibility index (Phi) is 6.84. The first-order valence-electron chi connectivity index (χ1n) is 11.1. The van der Waals surface area contributed by atoms with Crippen LogP contribution < -0.4 is 10.6 Å². The van der Waals surface area contributed by atoms with Gasteiger partial charge in [0.2, 0.25) is 0 Å². The maximum absolute atomic E-state index is 12.6. The van der Waals surface area contributed by atoms with Gasteiger partial charge in [-0.2, -0.15) is 0 Å². The highest BCUT2D eigenvalue weighted by atomic mass is 35.5. The van der Waals surface area contributed by atoms with E-state index in [9.17, 15) is 9.59 Å². The van der Waals surface area contributed by atoms with Gasteiger partial charge in [-0.15, -0.1) is 0 Å².